The molecule has 0 spiro atoms. The molecule has 2 atom stereocenters. The van der Waals surface area contributed by atoms with Crippen molar-refractivity contribution in [2.45, 2.75) is 45.2 Å². The van der Waals surface area contributed by atoms with Crippen LogP contribution < -0.4 is 10.6 Å². The summed E-state index contributed by atoms with van der Waals surface area (Å²) in [6.45, 7) is 3.62. The second-order valence-corrected chi connectivity index (χ2v) is 6.37. The number of furan rings is 1. The van der Waals surface area contributed by atoms with Crippen LogP contribution in [-0.2, 0) is 19.2 Å². The van der Waals surface area contributed by atoms with E-state index in [2.05, 4.69) is 10.6 Å². The summed E-state index contributed by atoms with van der Waals surface area (Å²) in [5.74, 6) is -3.26. The summed E-state index contributed by atoms with van der Waals surface area (Å²) in [6, 6.07) is 0.965. The van der Waals surface area contributed by atoms with Crippen LogP contribution in [0.25, 0.3) is 6.08 Å². The van der Waals surface area contributed by atoms with Crippen LogP contribution in [0.2, 0.25) is 0 Å². The van der Waals surface area contributed by atoms with Crippen molar-refractivity contribution in [3.05, 3.63) is 30.2 Å². The van der Waals surface area contributed by atoms with Crippen molar-refractivity contribution in [1.29, 1.82) is 0 Å². The van der Waals surface area contributed by atoms with Crippen molar-refractivity contribution >= 4 is 29.8 Å². The van der Waals surface area contributed by atoms with Crippen molar-refractivity contribution in [1.82, 2.24) is 10.6 Å². The third kappa shape index (κ3) is 8.70. The Bertz CT molecular complexity index is 680. The van der Waals surface area contributed by atoms with Crippen LogP contribution in [0.4, 0.5) is 0 Å². The molecule has 1 heterocycles. The van der Waals surface area contributed by atoms with Crippen LogP contribution in [0.3, 0.4) is 0 Å². The van der Waals surface area contributed by atoms with E-state index in [1.165, 1.54) is 12.3 Å². The monoisotopic (exact) mass is 380 g/mol. The number of carboxylic acid groups (broad SMARTS) is 2. The Kier molecular flexibility index (Phi) is 8.77. The molecule has 0 bridgehead atoms. The molecule has 1 aromatic rings. The molecule has 0 aliphatic rings. The first-order chi connectivity index (χ1) is 12.7. The number of rotatable bonds is 11. The van der Waals surface area contributed by atoms with Gasteiger partial charge in [0, 0.05) is 12.5 Å². The average molecular weight is 380 g/mol. The van der Waals surface area contributed by atoms with E-state index in [-0.39, 0.29) is 25.2 Å². The van der Waals surface area contributed by atoms with Gasteiger partial charge in [0.1, 0.15) is 17.8 Å². The lowest BCUT2D eigenvalue weighted by Crippen LogP contribution is -2.51. The van der Waals surface area contributed by atoms with E-state index in [4.69, 9.17) is 9.52 Å². The standard InChI is InChI=1S/C18H24N2O7/c1-11(2)10-14(18(25)26)20-17(24)13(6-8-16(22)23)19-15(21)7-5-12-4-3-9-27-12/h3-5,7,9,11,13-14H,6,8,10H2,1-2H3,(H,19,21)(H,20,24)(H,22,23)(H,25,26)/t13-,14-/m0/s1. The number of hydrogen-bond donors (Lipinski definition) is 4. The molecule has 1 rings (SSSR count). The highest BCUT2D eigenvalue weighted by molar-refractivity contribution is 5.96. The van der Waals surface area contributed by atoms with Crippen LogP contribution in [0.15, 0.2) is 28.9 Å². The van der Waals surface area contributed by atoms with Gasteiger partial charge in [0.2, 0.25) is 11.8 Å². The van der Waals surface area contributed by atoms with Gasteiger partial charge in [-0.1, -0.05) is 13.8 Å². The molecule has 0 saturated carbocycles. The van der Waals surface area contributed by atoms with Crippen molar-refractivity contribution in [3.8, 4) is 0 Å². The third-order valence-electron chi connectivity index (χ3n) is 3.54. The molecule has 148 valence electrons. The molecular formula is C18H24N2O7. The second kappa shape index (κ2) is 10.8. The Morgan fingerprint density at radius 3 is 2.37 bits per heavy atom. The van der Waals surface area contributed by atoms with Crippen LogP contribution >= 0.6 is 0 Å². The summed E-state index contributed by atoms with van der Waals surface area (Å²) < 4.78 is 5.04. The smallest absolute Gasteiger partial charge is 0.326 e. The van der Waals surface area contributed by atoms with Gasteiger partial charge in [-0.2, -0.15) is 0 Å². The number of aliphatic carboxylic acids is 2. The number of amides is 2. The molecule has 4 N–H and O–H groups in total. The highest BCUT2D eigenvalue weighted by Crippen LogP contribution is 2.07. The molecule has 1 aromatic heterocycles. The Balaban J connectivity index is 2.78. The van der Waals surface area contributed by atoms with Gasteiger partial charge in [-0.05, 0) is 37.0 Å². The summed E-state index contributed by atoms with van der Waals surface area (Å²) in [4.78, 5) is 46.5. The molecule has 0 saturated heterocycles. The minimum Gasteiger partial charge on any atom is -0.481 e. The summed E-state index contributed by atoms with van der Waals surface area (Å²) in [5, 5.41) is 22.8. The van der Waals surface area contributed by atoms with Gasteiger partial charge in [-0.3, -0.25) is 14.4 Å². The maximum atomic E-state index is 12.4. The van der Waals surface area contributed by atoms with Gasteiger partial charge in [-0.15, -0.1) is 0 Å². The normalized spacial score (nSPS) is 13.3. The van der Waals surface area contributed by atoms with Crippen molar-refractivity contribution in [2.75, 3.05) is 0 Å². The Morgan fingerprint density at radius 2 is 1.85 bits per heavy atom. The van der Waals surface area contributed by atoms with Crippen LogP contribution in [0, 0.1) is 5.92 Å². The number of carbonyl (C=O) groups is 4. The molecule has 0 unspecified atom stereocenters. The van der Waals surface area contributed by atoms with E-state index in [0.29, 0.717) is 5.76 Å². The van der Waals surface area contributed by atoms with Gasteiger partial charge in [0.15, 0.2) is 0 Å². The summed E-state index contributed by atoms with van der Waals surface area (Å²) >= 11 is 0. The van der Waals surface area contributed by atoms with Crippen LogP contribution in [0.5, 0.6) is 0 Å². The van der Waals surface area contributed by atoms with Crippen LogP contribution in [-0.4, -0.2) is 46.0 Å². The summed E-state index contributed by atoms with van der Waals surface area (Å²) in [6.07, 6.45) is 3.64. The molecule has 0 radical (unpaired) electrons. The minimum atomic E-state index is -1.20. The fraction of sp³-hybridized carbons (Fsp3) is 0.444. The van der Waals surface area contributed by atoms with Gasteiger partial charge >= 0.3 is 11.9 Å². The van der Waals surface area contributed by atoms with E-state index >= 15 is 0 Å². The van der Waals surface area contributed by atoms with E-state index in [9.17, 15) is 24.3 Å². The van der Waals surface area contributed by atoms with Crippen molar-refractivity contribution in [3.63, 3.8) is 0 Å². The largest absolute Gasteiger partial charge is 0.481 e. The Labute approximate surface area is 156 Å². The van der Waals surface area contributed by atoms with E-state index in [1.807, 2.05) is 13.8 Å². The quantitative estimate of drug-likeness (QED) is 0.423. The zero-order valence-electron chi connectivity index (χ0n) is 15.2. The average Bonchev–Trinajstić information content (AvgIpc) is 3.08. The fourth-order valence-electron chi connectivity index (χ4n) is 2.27. The number of hydrogen-bond acceptors (Lipinski definition) is 5. The molecule has 27 heavy (non-hydrogen) atoms. The SMILES string of the molecule is CC(C)C[C@H](NC(=O)[C@H](CCC(=O)O)NC(=O)C=Cc1ccco1)C(=O)O. The molecule has 0 aromatic carbocycles. The molecule has 0 aliphatic heterocycles. The summed E-state index contributed by atoms with van der Waals surface area (Å²) in [5.41, 5.74) is 0. The number of nitrogens with one attached hydrogen (secondary N) is 2. The molecule has 9 heteroatoms. The van der Waals surface area contributed by atoms with E-state index < -0.39 is 35.8 Å². The molecule has 0 fully saturated rings. The topological polar surface area (TPSA) is 146 Å². The second-order valence-electron chi connectivity index (χ2n) is 6.37. The maximum Gasteiger partial charge on any atom is 0.326 e. The lowest BCUT2D eigenvalue weighted by atomic mass is 10.0. The first-order valence-electron chi connectivity index (χ1n) is 8.46. The third-order valence-corrected chi connectivity index (χ3v) is 3.54. The summed E-state index contributed by atoms with van der Waals surface area (Å²) in [7, 11) is 0. The highest BCUT2D eigenvalue weighted by Gasteiger charge is 2.27. The van der Waals surface area contributed by atoms with Gasteiger partial charge in [0.25, 0.3) is 0 Å². The maximum absolute atomic E-state index is 12.4. The molecule has 0 aliphatic carbocycles. The molecule has 9 nitrogen and oxygen atoms in total. The number of carboxylic acids is 2. The first-order valence-corrected chi connectivity index (χ1v) is 8.46. The highest BCUT2D eigenvalue weighted by atomic mass is 16.4. The lowest BCUT2D eigenvalue weighted by Gasteiger charge is -2.21. The predicted octanol–water partition coefficient (Wildman–Crippen LogP) is 1.26. The molecule has 2 amide bonds. The van der Waals surface area contributed by atoms with Crippen LogP contribution in [0.1, 0.15) is 38.9 Å². The zero-order chi connectivity index (χ0) is 20.4. The van der Waals surface area contributed by atoms with Gasteiger partial charge in [0.05, 0.1) is 6.26 Å². The minimum absolute atomic E-state index is 0.0229. The Morgan fingerprint density at radius 1 is 1.15 bits per heavy atom. The number of carbonyl (C=O) groups excluding carboxylic acids is 2. The Hall–Kier alpha value is -3.10. The zero-order valence-corrected chi connectivity index (χ0v) is 15.2. The van der Waals surface area contributed by atoms with Crippen molar-refractivity contribution in [2.24, 2.45) is 5.92 Å². The van der Waals surface area contributed by atoms with Crippen molar-refractivity contribution < 1.29 is 33.8 Å². The van der Waals surface area contributed by atoms with Gasteiger partial charge < -0.3 is 25.3 Å². The van der Waals surface area contributed by atoms with E-state index in [0.717, 1.165) is 6.08 Å². The fourth-order valence-corrected chi connectivity index (χ4v) is 2.27. The first kappa shape index (κ1) is 21.9. The lowest BCUT2D eigenvalue weighted by molar-refractivity contribution is -0.143. The predicted molar refractivity (Wildman–Crippen MR) is 95.6 cm³/mol. The molecular weight excluding hydrogens is 356 g/mol. The van der Waals surface area contributed by atoms with Gasteiger partial charge in [-0.25, -0.2) is 4.79 Å². The van der Waals surface area contributed by atoms with E-state index in [1.54, 1.807) is 12.1 Å².